The van der Waals surface area contributed by atoms with Crippen LogP contribution in [0.15, 0.2) is 76.8 Å². The molecule has 0 aliphatic heterocycles. The fourth-order valence-corrected chi connectivity index (χ4v) is 5.46. The van der Waals surface area contributed by atoms with Crippen molar-refractivity contribution in [2.24, 2.45) is 0 Å². The maximum atomic E-state index is 5.41. The van der Waals surface area contributed by atoms with Crippen LogP contribution in [0.25, 0.3) is 16.3 Å². The van der Waals surface area contributed by atoms with E-state index in [4.69, 9.17) is 4.74 Å². The molecule has 5 rings (SSSR count). The van der Waals surface area contributed by atoms with Crippen molar-refractivity contribution in [1.82, 2.24) is 0 Å². The maximum absolute atomic E-state index is 5.41. The van der Waals surface area contributed by atoms with Crippen molar-refractivity contribution in [3.63, 3.8) is 0 Å². The van der Waals surface area contributed by atoms with Crippen LogP contribution in [-0.2, 0) is 6.42 Å². The summed E-state index contributed by atoms with van der Waals surface area (Å²) in [5.41, 5.74) is 7.41. The van der Waals surface area contributed by atoms with Gasteiger partial charge < -0.3 is 4.74 Å². The third-order valence-corrected chi connectivity index (χ3v) is 6.76. The second kappa shape index (κ2) is 7.25. The lowest BCUT2D eigenvalue weighted by Crippen LogP contribution is -2.15. The minimum Gasteiger partial charge on any atom is -0.496 e. The van der Waals surface area contributed by atoms with Crippen molar-refractivity contribution in [2.45, 2.75) is 31.6 Å². The Hall–Kier alpha value is -2.32. The van der Waals surface area contributed by atoms with Crippen molar-refractivity contribution in [1.29, 1.82) is 0 Å². The zero-order valence-corrected chi connectivity index (χ0v) is 17.6. The van der Waals surface area contributed by atoms with E-state index in [0.29, 0.717) is 5.92 Å². The first-order chi connectivity index (χ1) is 13.7. The summed E-state index contributed by atoms with van der Waals surface area (Å²) in [5.74, 6) is 1.40. The molecule has 0 radical (unpaired) electrons. The highest BCUT2D eigenvalue weighted by Crippen LogP contribution is 2.46. The SMILES string of the molecule is COc1ccc(CC2CC3=C(C=CCC3)c3ccc4ccccc4c32)cc1Br. The molecule has 140 valence electrons. The van der Waals surface area contributed by atoms with Crippen LogP contribution >= 0.6 is 15.9 Å². The first kappa shape index (κ1) is 17.8. The molecule has 0 saturated heterocycles. The Balaban J connectivity index is 1.64. The summed E-state index contributed by atoms with van der Waals surface area (Å²) in [5, 5.41) is 2.74. The van der Waals surface area contributed by atoms with Gasteiger partial charge in [-0.05, 0) is 92.7 Å². The zero-order valence-electron chi connectivity index (χ0n) is 16.0. The molecule has 2 aliphatic rings. The van der Waals surface area contributed by atoms with Gasteiger partial charge in [-0.15, -0.1) is 0 Å². The van der Waals surface area contributed by atoms with Gasteiger partial charge in [0.1, 0.15) is 5.75 Å². The van der Waals surface area contributed by atoms with Gasteiger partial charge in [-0.25, -0.2) is 0 Å². The predicted molar refractivity (Wildman–Crippen MR) is 121 cm³/mol. The van der Waals surface area contributed by atoms with Crippen LogP contribution in [0, 0.1) is 0 Å². The molecule has 0 heterocycles. The van der Waals surface area contributed by atoms with Gasteiger partial charge in [-0.2, -0.15) is 0 Å². The fourth-order valence-electron chi connectivity index (χ4n) is 4.87. The topological polar surface area (TPSA) is 9.23 Å². The van der Waals surface area contributed by atoms with E-state index >= 15 is 0 Å². The minimum atomic E-state index is 0.506. The van der Waals surface area contributed by atoms with Crippen LogP contribution in [0.3, 0.4) is 0 Å². The monoisotopic (exact) mass is 430 g/mol. The van der Waals surface area contributed by atoms with Crippen molar-refractivity contribution in [3.8, 4) is 5.75 Å². The van der Waals surface area contributed by atoms with Crippen LogP contribution in [0.4, 0.5) is 0 Å². The van der Waals surface area contributed by atoms with Crippen LogP contribution in [0.5, 0.6) is 5.75 Å². The molecule has 2 aliphatic carbocycles. The van der Waals surface area contributed by atoms with E-state index in [2.05, 4.69) is 82.7 Å². The number of ether oxygens (including phenoxy) is 1. The molecule has 0 spiro atoms. The van der Waals surface area contributed by atoms with Gasteiger partial charge in [0.2, 0.25) is 0 Å². The van der Waals surface area contributed by atoms with E-state index in [0.717, 1.165) is 23.1 Å². The highest BCUT2D eigenvalue weighted by molar-refractivity contribution is 9.10. The third-order valence-electron chi connectivity index (χ3n) is 6.14. The summed E-state index contributed by atoms with van der Waals surface area (Å²) in [6.45, 7) is 0. The molecule has 0 fully saturated rings. The van der Waals surface area contributed by atoms with Gasteiger partial charge >= 0.3 is 0 Å². The second-order valence-corrected chi connectivity index (χ2v) is 8.63. The highest BCUT2D eigenvalue weighted by atomic mass is 79.9. The van der Waals surface area contributed by atoms with E-state index in [9.17, 15) is 0 Å². The molecule has 0 bridgehead atoms. The summed E-state index contributed by atoms with van der Waals surface area (Å²) in [7, 11) is 1.72. The molecular formula is C26H23BrO. The van der Waals surface area contributed by atoms with Gasteiger partial charge in [-0.3, -0.25) is 0 Å². The van der Waals surface area contributed by atoms with Crippen molar-refractivity contribution in [3.05, 3.63) is 93.5 Å². The maximum Gasteiger partial charge on any atom is 0.133 e. The largest absolute Gasteiger partial charge is 0.496 e. The minimum absolute atomic E-state index is 0.506. The summed E-state index contributed by atoms with van der Waals surface area (Å²) in [6, 6.07) is 20.0. The molecule has 0 amide bonds. The first-order valence-electron chi connectivity index (χ1n) is 9.97. The number of hydrogen-bond acceptors (Lipinski definition) is 1. The Morgan fingerprint density at radius 3 is 2.82 bits per heavy atom. The lowest BCUT2D eigenvalue weighted by molar-refractivity contribution is 0.412. The normalized spacial score (nSPS) is 18.1. The van der Waals surface area contributed by atoms with Crippen LogP contribution in [-0.4, -0.2) is 7.11 Å². The number of methoxy groups -OCH3 is 1. The van der Waals surface area contributed by atoms with E-state index in [1.165, 1.54) is 45.9 Å². The van der Waals surface area contributed by atoms with Crippen LogP contribution in [0.1, 0.15) is 41.9 Å². The molecule has 0 aromatic heterocycles. The van der Waals surface area contributed by atoms with Gasteiger partial charge in [0.25, 0.3) is 0 Å². The lowest BCUT2D eigenvalue weighted by Gasteiger charge is -2.32. The molecule has 28 heavy (non-hydrogen) atoms. The average Bonchev–Trinajstić information content (AvgIpc) is 2.73. The molecular weight excluding hydrogens is 408 g/mol. The number of hydrogen-bond donors (Lipinski definition) is 0. The van der Waals surface area contributed by atoms with Gasteiger partial charge in [0, 0.05) is 0 Å². The fraction of sp³-hybridized carbons (Fsp3) is 0.231. The molecule has 0 N–H and O–H groups in total. The van der Waals surface area contributed by atoms with Crippen LogP contribution < -0.4 is 4.74 Å². The number of halogens is 1. The van der Waals surface area contributed by atoms with E-state index in [1.54, 1.807) is 12.7 Å². The van der Waals surface area contributed by atoms with Crippen molar-refractivity contribution < 1.29 is 4.74 Å². The summed E-state index contributed by atoms with van der Waals surface area (Å²) >= 11 is 3.66. The average molecular weight is 431 g/mol. The summed E-state index contributed by atoms with van der Waals surface area (Å²) < 4.78 is 6.44. The van der Waals surface area contributed by atoms with Gasteiger partial charge in [0.15, 0.2) is 0 Å². The Labute approximate surface area is 174 Å². The number of benzene rings is 3. The molecule has 1 atom stereocenters. The molecule has 1 nitrogen and oxygen atoms in total. The Morgan fingerprint density at radius 2 is 1.96 bits per heavy atom. The number of fused-ring (bicyclic) bond motifs is 4. The van der Waals surface area contributed by atoms with Gasteiger partial charge in [0.05, 0.1) is 11.6 Å². The Bertz CT molecular complexity index is 1120. The zero-order chi connectivity index (χ0) is 19.1. The van der Waals surface area contributed by atoms with Crippen molar-refractivity contribution >= 4 is 32.3 Å². The van der Waals surface area contributed by atoms with E-state index < -0.39 is 0 Å². The molecule has 1 unspecified atom stereocenters. The van der Waals surface area contributed by atoms with Gasteiger partial charge in [-0.1, -0.05) is 60.2 Å². The second-order valence-electron chi connectivity index (χ2n) is 7.78. The summed E-state index contributed by atoms with van der Waals surface area (Å²) in [4.78, 5) is 0. The smallest absolute Gasteiger partial charge is 0.133 e. The lowest BCUT2D eigenvalue weighted by atomic mass is 9.72. The molecule has 0 saturated carbocycles. The quantitative estimate of drug-likeness (QED) is 0.419. The summed E-state index contributed by atoms with van der Waals surface area (Å²) in [6.07, 6.45) is 9.25. The predicted octanol–water partition coefficient (Wildman–Crippen LogP) is 7.44. The third kappa shape index (κ3) is 3.00. The number of allylic oxidation sites excluding steroid dienone is 4. The number of rotatable bonds is 3. The Kier molecular flexibility index (Phi) is 4.60. The highest BCUT2D eigenvalue weighted by Gasteiger charge is 2.28. The molecule has 3 aromatic rings. The standard InChI is InChI=1S/C26H23BrO/c1-28-25-13-10-17(15-24(25)27)14-20-16-19-7-3-4-8-21(19)23-12-11-18-6-2-5-9-22(18)26(20)23/h2,4-6,8-13,15,20H,3,7,14,16H2,1H3. The molecule has 2 heteroatoms. The van der Waals surface area contributed by atoms with E-state index in [-0.39, 0.29) is 0 Å². The van der Waals surface area contributed by atoms with Crippen molar-refractivity contribution in [2.75, 3.05) is 7.11 Å². The van der Waals surface area contributed by atoms with E-state index in [1.807, 2.05) is 0 Å². The Morgan fingerprint density at radius 1 is 1.07 bits per heavy atom. The molecule has 3 aromatic carbocycles. The first-order valence-corrected chi connectivity index (χ1v) is 10.8. The van der Waals surface area contributed by atoms with Crippen LogP contribution in [0.2, 0.25) is 0 Å².